The lowest BCUT2D eigenvalue weighted by Crippen LogP contribution is -2.43. The number of carbonyl (C=O) groups excluding carboxylic acids is 1. The number of H-pyrrole nitrogens is 1. The van der Waals surface area contributed by atoms with Crippen molar-refractivity contribution >= 4 is 16.8 Å². The smallest absolute Gasteiger partial charge is 0.246 e. The Morgan fingerprint density at radius 1 is 1.12 bits per heavy atom. The molecule has 0 bridgehead atoms. The monoisotopic (exact) mass is 445 g/mol. The summed E-state index contributed by atoms with van der Waals surface area (Å²) in [6.07, 6.45) is 8.65. The molecule has 1 aromatic heterocycles. The van der Waals surface area contributed by atoms with Gasteiger partial charge >= 0.3 is 0 Å². The second-order valence-electron chi connectivity index (χ2n) is 9.79. The van der Waals surface area contributed by atoms with Gasteiger partial charge in [-0.05, 0) is 75.5 Å². The first-order valence-corrected chi connectivity index (χ1v) is 11.9. The predicted octanol–water partition coefficient (Wildman–Crippen LogP) is 5.58. The number of aromatic amines is 1. The van der Waals surface area contributed by atoms with Crippen LogP contribution in [0.4, 0.5) is 4.39 Å². The molecule has 3 aromatic rings. The number of benzene rings is 2. The van der Waals surface area contributed by atoms with Crippen LogP contribution >= 0.6 is 0 Å². The summed E-state index contributed by atoms with van der Waals surface area (Å²) >= 11 is 0. The zero-order chi connectivity index (χ0) is 23.0. The molecule has 5 heteroatoms. The van der Waals surface area contributed by atoms with Crippen molar-refractivity contribution in [2.24, 2.45) is 0 Å². The molecule has 2 aromatic carbocycles. The second kappa shape index (κ2) is 8.79. The summed E-state index contributed by atoms with van der Waals surface area (Å²) in [6.45, 7) is 1.59. The minimum atomic E-state index is -0.203. The maximum Gasteiger partial charge on any atom is 0.246 e. The Bertz CT molecular complexity index is 1170. The van der Waals surface area contributed by atoms with Crippen LogP contribution in [0.3, 0.4) is 0 Å². The molecule has 172 valence electrons. The normalized spacial score (nSPS) is 23.5. The number of nitrogens with zero attached hydrogens (tertiary/aromatic N) is 2. The number of hydrogen-bond acceptors (Lipinski definition) is 2. The van der Waals surface area contributed by atoms with Crippen molar-refractivity contribution in [3.63, 3.8) is 0 Å². The first kappa shape index (κ1) is 21.9. The van der Waals surface area contributed by atoms with E-state index in [1.165, 1.54) is 16.5 Å². The van der Waals surface area contributed by atoms with Crippen molar-refractivity contribution in [2.45, 2.75) is 43.6 Å². The fourth-order valence-electron chi connectivity index (χ4n) is 5.80. The number of carbonyl (C=O) groups is 1. The van der Waals surface area contributed by atoms with Crippen LogP contribution in [0.15, 0.2) is 66.4 Å². The molecule has 2 heterocycles. The predicted molar refractivity (Wildman–Crippen MR) is 131 cm³/mol. The topological polar surface area (TPSA) is 39.3 Å². The third kappa shape index (κ3) is 4.10. The van der Waals surface area contributed by atoms with Crippen molar-refractivity contribution in [1.29, 1.82) is 0 Å². The lowest BCUT2D eigenvalue weighted by Gasteiger charge is -2.44. The molecular weight excluding hydrogens is 413 g/mol. The molecule has 1 atom stereocenters. The number of hydrogen-bond donors (Lipinski definition) is 1. The SMILES string of the molecule is CN(C)C1(c2ccc(F)cc2)CCC(=CC(=O)N2CCC(c3c[nH]c4ccccc34)C2)CC1. The Kier molecular flexibility index (Phi) is 5.83. The largest absolute Gasteiger partial charge is 0.361 e. The molecule has 5 rings (SSSR count). The van der Waals surface area contributed by atoms with Gasteiger partial charge in [0.25, 0.3) is 0 Å². The standard InChI is InChI=1S/C28H32FN3O/c1-31(2)28(22-7-9-23(29)10-8-22)14-11-20(12-15-28)17-27(33)32-16-13-21(19-32)25-18-30-26-6-4-3-5-24(25)26/h3-10,17-18,21,30H,11-16,19H2,1-2H3. The molecule has 33 heavy (non-hydrogen) atoms. The number of allylic oxidation sites excluding steroid dienone is 1. The van der Waals surface area contributed by atoms with Gasteiger partial charge in [0.1, 0.15) is 5.82 Å². The maximum absolute atomic E-state index is 13.5. The highest BCUT2D eigenvalue weighted by atomic mass is 19.1. The van der Waals surface area contributed by atoms with Crippen LogP contribution in [0.5, 0.6) is 0 Å². The van der Waals surface area contributed by atoms with E-state index in [2.05, 4.69) is 48.4 Å². The summed E-state index contributed by atoms with van der Waals surface area (Å²) in [6, 6.07) is 15.3. The molecule has 0 spiro atoms. The lowest BCUT2D eigenvalue weighted by molar-refractivity contribution is -0.125. The van der Waals surface area contributed by atoms with Gasteiger partial charge in [-0.25, -0.2) is 4.39 Å². The number of amides is 1. The van der Waals surface area contributed by atoms with Crippen LogP contribution in [-0.4, -0.2) is 47.9 Å². The highest BCUT2D eigenvalue weighted by Crippen LogP contribution is 2.43. The van der Waals surface area contributed by atoms with E-state index in [0.717, 1.165) is 56.3 Å². The summed E-state index contributed by atoms with van der Waals surface area (Å²) in [5.41, 5.74) is 4.76. The van der Waals surface area contributed by atoms with E-state index in [-0.39, 0.29) is 17.3 Å². The average Bonchev–Trinajstić information content (AvgIpc) is 3.47. The number of halogens is 1. The van der Waals surface area contributed by atoms with Gasteiger partial charge in [0.05, 0.1) is 0 Å². The Morgan fingerprint density at radius 2 is 1.85 bits per heavy atom. The van der Waals surface area contributed by atoms with Crippen LogP contribution in [0.2, 0.25) is 0 Å². The molecular formula is C28H32FN3O. The third-order valence-electron chi connectivity index (χ3n) is 7.85. The zero-order valence-corrected chi connectivity index (χ0v) is 19.5. The van der Waals surface area contributed by atoms with Gasteiger partial charge in [0.15, 0.2) is 0 Å². The molecule has 1 saturated heterocycles. The molecule has 1 unspecified atom stereocenters. The fraction of sp³-hybridized carbons (Fsp3) is 0.393. The van der Waals surface area contributed by atoms with E-state index in [0.29, 0.717) is 5.92 Å². The van der Waals surface area contributed by atoms with Crippen molar-refractivity contribution in [3.05, 3.63) is 83.3 Å². The molecule has 1 amide bonds. The van der Waals surface area contributed by atoms with Gasteiger partial charge in [-0.3, -0.25) is 9.69 Å². The summed E-state index contributed by atoms with van der Waals surface area (Å²) in [4.78, 5) is 20.7. The molecule has 1 saturated carbocycles. The van der Waals surface area contributed by atoms with Crippen molar-refractivity contribution < 1.29 is 9.18 Å². The Labute approximate surface area is 195 Å². The summed E-state index contributed by atoms with van der Waals surface area (Å²) in [7, 11) is 4.19. The van der Waals surface area contributed by atoms with Gasteiger partial charge in [0.2, 0.25) is 5.91 Å². The lowest BCUT2D eigenvalue weighted by atomic mass is 9.74. The highest BCUT2D eigenvalue weighted by molar-refractivity contribution is 5.89. The first-order valence-electron chi connectivity index (χ1n) is 11.9. The van der Waals surface area contributed by atoms with Crippen molar-refractivity contribution in [2.75, 3.05) is 27.2 Å². The molecule has 1 aliphatic heterocycles. The third-order valence-corrected chi connectivity index (χ3v) is 7.85. The summed E-state index contributed by atoms with van der Waals surface area (Å²) < 4.78 is 13.5. The van der Waals surface area contributed by atoms with E-state index < -0.39 is 0 Å². The van der Waals surface area contributed by atoms with Gasteiger partial charge in [-0.1, -0.05) is 35.9 Å². The molecule has 2 aliphatic rings. The Hall–Kier alpha value is -2.92. The van der Waals surface area contributed by atoms with Gasteiger partial charge < -0.3 is 9.88 Å². The molecule has 2 fully saturated rings. The number of para-hydroxylation sites is 1. The van der Waals surface area contributed by atoms with Crippen LogP contribution in [0, 0.1) is 5.82 Å². The minimum absolute atomic E-state index is 0.109. The van der Waals surface area contributed by atoms with Crippen molar-refractivity contribution in [3.8, 4) is 0 Å². The summed E-state index contributed by atoms with van der Waals surface area (Å²) in [5.74, 6) is 0.326. The zero-order valence-electron chi connectivity index (χ0n) is 19.5. The van der Waals surface area contributed by atoms with Crippen molar-refractivity contribution in [1.82, 2.24) is 14.8 Å². The number of likely N-dealkylation sites (tertiary alicyclic amines) is 1. The van der Waals surface area contributed by atoms with Gasteiger partial charge in [0, 0.05) is 47.7 Å². The molecule has 4 nitrogen and oxygen atoms in total. The molecule has 1 N–H and O–H groups in total. The summed E-state index contributed by atoms with van der Waals surface area (Å²) in [5, 5.41) is 1.27. The van der Waals surface area contributed by atoms with E-state index >= 15 is 0 Å². The fourth-order valence-corrected chi connectivity index (χ4v) is 5.80. The van der Waals surface area contributed by atoms with E-state index in [9.17, 15) is 9.18 Å². The number of aromatic nitrogens is 1. The maximum atomic E-state index is 13.5. The first-order chi connectivity index (χ1) is 16.0. The van der Waals surface area contributed by atoms with Crippen LogP contribution in [0.25, 0.3) is 10.9 Å². The molecule has 1 aliphatic carbocycles. The van der Waals surface area contributed by atoms with Crippen LogP contribution < -0.4 is 0 Å². The van der Waals surface area contributed by atoms with E-state index in [4.69, 9.17) is 0 Å². The number of fused-ring (bicyclic) bond motifs is 1. The Morgan fingerprint density at radius 3 is 2.58 bits per heavy atom. The van der Waals surface area contributed by atoms with Crippen LogP contribution in [-0.2, 0) is 10.3 Å². The average molecular weight is 446 g/mol. The van der Waals surface area contributed by atoms with Gasteiger partial charge in [-0.15, -0.1) is 0 Å². The number of nitrogens with one attached hydrogen (secondary N) is 1. The highest BCUT2D eigenvalue weighted by Gasteiger charge is 2.37. The van der Waals surface area contributed by atoms with Gasteiger partial charge in [-0.2, -0.15) is 0 Å². The van der Waals surface area contributed by atoms with Crippen LogP contribution in [0.1, 0.15) is 49.1 Å². The second-order valence-corrected chi connectivity index (χ2v) is 9.79. The molecule has 0 radical (unpaired) electrons. The Balaban J connectivity index is 1.25. The quantitative estimate of drug-likeness (QED) is 0.533. The van der Waals surface area contributed by atoms with E-state index in [1.54, 1.807) is 12.1 Å². The van der Waals surface area contributed by atoms with E-state index in [1.807, 2.05) is 29.2 Å². The number of rotatable bonds is 4. The minimum Gasteiger partial charge on any atom is -0.361 e.